The molecule has 0 aliphatic heterocycles. The minimum atomic E-state index is -0.828. The quantitative estimate of drug-likeness (QED) is 0.401. The van der Waals surface area contributed by atoms with E-state index in [2.05, 4.69) is 0 Å². The van der Waals surface area contributed by atoms with E-state index in [9.17, 15) is 9.59 Å². The molecule has 0 atom stereocenters. The minimum Gasteiger partial charge on any atom is -0.481 e. The second-order valence-corrected chi connectivity index (χ2v) is 3.18. The molecule has 0 unspecified atom stereocenters. The van der Waals surface area contributed by atoms with Gasteiger partial charge in [0.15, 0.2) is 0 Å². The summed E-state index contributed by atoms with van der Waals surface area (Å²) in [7, 11) is 0. The number of carbonyl (C=O) groups is 2. The Balaban J connectivity index is 3.62. The lowest BCUT2D eigenvalue weighted by atomic mass is 10.2. The van der Waals surface area contributed by atoms with E-state index in [1.807, 2.05) is 13.8 Å². The van der Waals surface area contributed by atoms with Crippen molar-refractivity contribution >= 4 is 11.9 Å². The lowest BCUT2D eigenvalue weighted by Gasteiger charge is -2.05. The average molecular weight is 214 g/mol. The molecule has 86 valence electrons. The van der Waals surface area contributed by atoms with Gasteiger partial charge in [-0.1, -0.05) is 6.92 Å². The van der Waals surface area contributed by atoms with Crippen molar-refractivity contribution in [2.45, 2.75) is 46.0 Å². The number of hydrogen-bond donors (Lipinski definition) is 1. The molecule has 0 amide bonds. The van der Waals surface area contributed by atoms with Crippen molar-refractivity contribution in [3.63, 3.8) is 0 Å². The Kier molecular flexibility index (Phi) is 7.32. The van der Waals surface area contributed by atoms with E-state index < -0.39 is 5.97 Å². The van der Waals surface area contributed by atoms with E-state index in [1.165, 1.54) is 0 Å². The SMILES string of the molecule is CC=C(CC)OC(=O)CCCCC(=O)O. The van der Waals surface area contributed by atoms with Crippen LogP contribution in [0.25, 0.3) is 0 Å². The largest absolute Gasteiger partial charge is 0.481 e. The fourth-order valence-electron chi connectivity index (χ4n) is 1.08. The summed E-state index contributed by atoms with van der Waals surface area (Å²) in [5.41, 5.74) is 0. The van der Waals surface area contributed by atoms with Gasteiger partial charge in [-0.3, -0.25) is 9.59 Å². The monoisotopic (exact) mass is 214 g/mol. The van der Waals surface area contributed by atoms with Crippen molar-refractivity contribution in [2.75, 3.05) is 0 Å². The summed E-state index contributed by atoms with van der Waals surface area (Å²) in [5.74, 6) is -0.445. The van der Waals surface area contributed by atoms with E-state index in [0.29, 0.717) is 25.0 Å². The zero-order valence-electron chi connectivity index (χ0n) is 9.28. The third-order valence-electron chi connectivity index (χ3n) is 1.94. The summed E-state index contributed by atoms with van der Waals surface area (Å²) in [6, 6.07) is 0. The molecule has 0 bridgehead atoms. The number of unbranched alkanes of at least 4 members (excludes halogenated alkanes) is 1. The number of carboxylic acids is 1. The van der Waals surface area contributed by atoms with Crippen molar-refractivity contribution < 1.29 is 19.4 Å². The molecule has 0 radical (unpaired) electrons. The molecule has 0 aliphatic rings. The first-order valence-electron chi connectivity index (χ1n) is 5.17. The molecule has 15 heavy (non-hydrogen) atoms. The van der Waals surface area contributed by atoms with E-state index in [1.54, 1.807) is 6.08 Å². The summed E-state index contributed by atoms with van der Waals surface area (Å²) in [6.07, 6.45) is 3.92. The van der Waals surface area contributed by atoms with Crippen LogP contribution in [0.3, 0.4) is 0 Å². The maximum absolute atomic E-state index is 11.2. The zero-order valence-corrected chi connectivity index (χ0v) is 9.28. The second kappa shape index (κ2) is 8.03. The standard InChI is InChI=1S/C11H18O4/c1-3-9(4-2)15-11(14)8-6-5-7-10(12)13/h3H,4-8H2,1-2H3,(H,12,13). The average Bonchev–Trinajstić information content (AvgIpc) is 2.20. The molecule has 0 aliphatic carbocycles. The van der Waals surface area contributed by atoms with Gasteiger partial charge in [-0.05, 0) is 25.8 Å². The van der Waals surface area contributed by atoms with Gasteiger partial charge in [-0.2, -0.15) is 0 Å². The lowest BCUT2D eigenvalue weighted by Crippen LogP contribution is -2.04. The Hall–Kier alpha value is -1.32. The highest BCUT2D eigenvalue weighted by atomic mass is 16.5. The van der Waals surface area contributed by atoms with Crippen molar-refractivity contribution in [1.29, 1.82) is 0 Å². The number of hydrogen-bond acceptors (Lipinski definition) is 3. The van der Waals surface area contributed by atoms with Crippen LogP contribution in [0, 0.1) is 0 Å². The van der Waals surface area contributed by atoms with Gasteiger partial charge in [0, 0.05) is 19.3 Å². The molecule has 4 nitrogen and oxygen atoms in total. The Morgan fingerprint density at radius 1 is 1.27 bits per heavy atom. The number of rotatable bonds is 7. The highest BCUT2D eigenvalue weighted by Gasteiger charge is 2.05. The van der Waals surface area contributed by atoms with Crippen LogP contribution in [-0.2, 0) is 14.3 Å². The maximum atomic E-state index is 11.2. The Bertz CT molecular complexity index is 243. The molecule has 0 rings (SSSR count). The van der Waals surface area contributed by atoms with Crippen molar-refractivity contribution in [1.82, 2.24) is 0 Å². The molecule has 0 aromatic rings. The Labute approximate surface area is 89.9 Å². The summed E-state index contributed by atoms with van der Waals surface area (Å²) >= 11 is 0. The molecule has 0 spiro atoms. The van der Waals surface area contributed by atoms with E-state index in [0.717, 1.165) is 0 Å². The Morgan fingerprint density at radius 3 is 2.33 bits per heavy atom. The molecule has 1 N–H and O–H groups in total. The lowest BCUT2D eigenvalue weighted by molar-refractivity contribution is -0.141. The van der Waals surface area contributed by atoms with Gasteiger partial charge in [-0.25, -0.2) is 0 Å². The van der Waals surface area contributed by atoms with Gasteiger partial charge in [0.1, 0.15) is 5.76 Å². The van der Waals surface area contributed by atoms with Crippen LogP contribution in [0.4, 0.5) is 0 Å². The first-order valence-corrected chi connectivity index (χ1v) is 5.17. The molecule has 0 saturated heterocycles. The fourth-order valence-corrected chi connectivity index (χ4v) is 1.08. The number of aliphatic carboxylic acids is 1. The van der Waals surface area contributed by atoms with E-state index in [-0.39, 0.29) is 18.8 Å². The summed E-state index contributed by atoms with van der Waals surface area (Å²) in [5, 5.41) is 8.37. The maximum Gasteiger partial charge on any atom is 0.310 e. The number of carbonyl (C=O) groups excluding carboxylic acids is 1. The summed E-state index contributed by atoms with van der Waals surface area (Å²) in [4.78, 5) is 21.4. The predicted molar refractivity (Wildman–Crippen MR) is 56.2 cm³/mol. The van der Waals surface area contributed by atoms with Crippen LogP contribution in [0.15, 0.2) is 11.8 Å². The first kappa shape index (κ1) is 13.7. The molecular formula is C11H18O4. The van der Waals surface area contributed by atoms with E-state index >= 15 is 0 Å². The zero-order chi connectivity index (χ0) is 11.7. The van der Waals surface area contributed by atoms with Gasteiger partial charge in [0.05, 0.1) is 0 Å². The molecule has 0 heterocycles. The Morgan fingerprint density at radius 2 is 1.87 bits per heavy atom. The van der Waals surface area contributed by atoms with Crippen molar-refractivity contribution in [3.8, 4) is 0 Å². The first-order chi connectivity index (χ1) is 7.10. The van der Waals surface area contributed by atoms with Gasteiger partial charge < -0.3 is 9.84 Å². The molecule has 0 saturated carbocycles. The number of allylic oxidation sites excluding steroid dienone is 2. The second-order valence-electron chi connectivity index (χ2n) is 3.18. The van der Waals surface area contributed by atoms with Crippen LogP contribution in [-0.4, -0.2) is 17.0 Å². The summed E-state index contributed by atoms with van der Waals surface area (Å²) in [6.45, 7) is 3.73. The smallest absolute Gasteiger partial charge is 0.310 e. The number of carboxylic acid groups (broad SMARTS) is 1. The molecule has 0 aromatic heterocycles. The van der Waals surface area contributed by atoms with E-state index in [4.69, 9.17) is 9.84 Å². The van der Waals surface area contributed by atoms with Crippen LogP contribution in [0.1, 0.15) is 46.0 Å². The highest BCUT2D eigenvalue weighted by molar-refractivity contribution is 5.70. The summed E-state index contributed by atoms with van der Waals surface area (Å²) < 4.78 is 5.03. The van der Waals surface area contributed by atoms with Crippen LogP contribution >= 0.6 is 0 Å². The van der Waals surface area contributed by atoms with Crippen LogP contribution in [0.5, 0.6) is 0 Å². The third kappa shape index (κ3) is 7.73. The van der Waals surface area contributed by atoms with Gasteiger partial charge in [0.2, 0.25) is 0 Å². The van der Waals surface area contributed by atoms with Gasteiger partial charge in [0.25, 0.3) is 0 Å². The topological polar surface area (TPSA) is 63.6 Å². The molecule has 4 heteroatoms. The molecular weight excluding hydrogens is 196 g/mol. The third-order valence-corrected chi connectivity index (χ3v) is 1.94. The molecule has 0 fully saturated rings. The number of ether oxygens (including phenoxy) is 1. The number of esters is 1. The van der Waals surface area contributed by atoms with Crippen molar-refractivity contribution in [3.05, 3.63) is 11.8 Å². The normalized spacial score (nSPS) is 11.2. The van der Waals surface area contributed by atoms with Gasteiger partial charge in [-0.15, -0.1) is 0 Å². The molecule has 0 aromatic carbocycles. The minimum absolute atomic E-state index is 0.109. The predicted octanol–water partition coefficient (Wildman–Crippen LogP) is 2.49. The van der Waals surface area contributed by atoms with Crippen LogP contribution < -0.4 is 0 Å². The highest BCUT2D eigenvalue weighted by Crippen LogP contribution is 2.07. The van der Waals surface area contributed by atoms with Gasteiger partial charge >= 0.3 is 11.9 Å². The van der Waals surface area contributed by atoms with Crippen molar-refractivity contribution in [2.24, 2.45) is 0 Å². The fraction of sp³-hybridized carbons (Fsp3) is 0.636. The van der Waals surface area contributed by atoms with Crippen LogP contribution in [0.2, 0.25) is 0 Å².